The van der Waals surface area contributed by atoms with Crippen LogP contribution in [0, 0.1) is 11.8 Å². The normalized spacial score (nSPS) is 11.7. The predicted molar refractivity (Wildman–Crippen MR) is 101 cm³/mol. The Bertz CT molecular complexity index is 603. The van der Waals surface area contributed by atoms with Crippen LogP contribution < -0.4 is 14.2 Å². The number of hydrogen-bond acceptors (Lipinski definition) is 8. The van der Waals surface area contributed by atoms with Gasteiger partial charge in [0.25, 0.3) is 0 Å². The largest absolute Gasteiger partial charge is 0.493 e. The summed E-state index contributed by atoms with van der Waals surface area (Å²) in [4.78, 5) is 11.0. The monoisotopic (exact) mass is 404 g/mol. The Labute approximate surface area is 160 Å². The van der Waals surface area contributed by atoms with E-state index in [0.717, 1.165) is 0 Å². The molecule has 0 amide bonds. The summed E-state index contributed by atoms with van der Waals surface area (Å²) in [6, 6.07) is 2.99. The van der Waals surface area contributed by atoms with Crippen LogP contribution in [0.1, 0.15) is 38.1 Å². The van der Waals surface area contributed by atoms with Crippen LogP contribution in [0.15, 0.2) is 12.1 Å². The minimum absolute atomic E-state index is 0.154. The smallest absolute Gasteiger partial charge is 0.477 e. The van der Waals surface area contributed by atoms with Crippen molar-refractivity contribution in [2.75, 3.05) is 34.2 Å². The molecule has 8 nitrogen and oxygen atoms in total. The van der Waals surface area contributed by atoms with E-state index in [4.69, 9.17) is 27.8 Å². The van der Waals surface area contributed by atoms with E-state index >= 15 is 0 Å². The van der Waals surface area contributed by atoms with E-state index in [-0.39, 0.29) is 42.3 Å². The second-order valence-electron chi connectivity index (χ2n) is 6.59. The topological polar surface area (TPSA) is 89.5 Å². The molecule has 0 unspecified atom stereocenters. The average Bonchev–Trinajstić information content (AvgIpc) is 2.64. The van der Waals surface area contributed by atoms with Crippen molar-refractivity contribution in [3.05, 3.63) is 17.7 Å². The third-order valence-corrected chi connectivity index (χ3v) is 4.52. The SMILES string of the molecule is COc1cc(C=O)cc(OC)c1OCOP(=O)(OCC(C)C)OCC(C)C. The molecule has 0 atom stereocenters. The van der Waals surface area contributed by atoms with Gasteiger partial charge < -0.3 is 14.2 Å². The van der Waals surface area contributed by atoms with Crippen LogP contribution in [0.5, 0.6) is 17.2 Å². The second-order valence-corrected chi connectivity index (χ2v) is 8.26. The maximum atomic E-state index is 12.8. The van der Waals surface area contributed by atoms with E-state index in [2.05, 4.69) is 0 Å². The summed E-state index contributed by atoms with van der Waals surface area (Å²) in [7, 11) is -0.929. The number of phosphoric acid groups is 1. The molecule has 0 saturated heterocycles. The van der Waals surface area contributed by atoms with E-state index in [9.17, 15) is 9.36 Å². The molecule has 1 rings (SSSR count). The van der Waals surface area contributed by atoms with Gasteiger partial charge in [-0.3, -0.25) is 13.8 Å². The molecule has 0 radical (unpaired) electrons. The number of aldehydes is 1. The van der Waals surface area contributed by atoms with Gasteiger partial charge in [0.1, 0.15) is 6.29 Å². The first-order valence-corrected chi connectivity index (χ1v) is 10.1. The lowest BCUT2D eigenvalue weighted by Gasteiger charge is -2.21. The van der Waals surface area contributed by atoms with Crippen LogP contribution >= 0.6 is 7.82 Å². The van der Waals surface area contributed by atoms with Crippen LogP contribution in [0.2, 0.25) is 0 Å². The summed E-state index contributed by atoms with van der Waals surface area (Å²) in [5.74, 6) is 1.08. The number of ether oxygens (including phenoxy) is 3. The van der Waals surface area contributed by atoms with Crippen molar-refractivity contribution in [1.29, 1.82) is 0 Å². The van der Waals surface area contributed by atoms with E-state index < -0.39 is 14.6 Å². The molecule has 0 saturated carbocycles. The number of methoxy groups -OCH3 is 2. The molecule has 0 bridgehead atoms. The Morgan fingerprint density at radius 2 is 1.41 bits per heavy atom. The van der Waals surface area contributed by atoms with Crippen LogP contribution in [0.4, 0.5) is 0 Å². The number of carbonyl (C=O) groups is 1. The number of benzene rings is 1. The molecule has 0 fully saturated rings. The van der Waals surface area contributed by atoms with Gasteiger partial charge in [-0.2, -0.15) is 0 Å². The van der Waals surface area contributed by atoms with Gasteiger partial charge in [-0.1, -0.05) is 27.7 Å². The Morgan fingerprint density at radius 1 is 0.926 bits per heavy atom. The molecule has 0 N–H and O–H groups in total. The zero-order valence-electron chi connectivity index (χ0n) is 16.7. The minimum atomic E-state index is -3.79. The predicted octanol–water partition coefficient (Wildman–Crippen LogP) is 4.32. The number of carbonyl (C=O) groups excluding carboxylic acids is 1. The maximum Gasteiger partial charge on any atom is 0.477 e. The molecule has 0 aliphatic carbocycles. The quantitative estimate of drug-likeness (QED) is 0.273. The minimum Gasteiger partial charge on any atom is -0.493 e. The zero-order chi connectivity index (χ0) is 20.4. The second kappa shape index (κ2) is 11.3. The van der Waals surface area contributed by atoms with E-state index in [0.29, 0.717) is 11.8 Å². The summed E-state index contributed by atoms with van der Waals surface area (Å²) < 4.78 is 44.7. The first-order valence-electron chi connectivity index (χ1n) is 8.62. The van der Waals surface area contributed by atoms with Gasteiger partial charge in [-0.25, -0.2) is 9.09 Å². The molecule has 0 aliphatic rings. The van der Waals surface area contributed by atoms with Crippen molar-refractivity contribution >= 4 is 14.1 Å². The van der Waals surface area contributed by atoms with Crippen molar-refractivity contribution in [2.24, 2.45) is 11.8 Å². The van der Waals surface area contributed by atoms with Crippen molar-refractivity contribution < 1.29 is 37.1 Å². The van der Waals surface area contributed by atoms with Gasteiger partial charge in [0.05, 0.1) is 27.4 Å². The van der Waals surface area contributed by atoms with Gasteiger partial charge in [0.2, 0.25) is 12.5 Å². The van der Waals surface area contributed by atoms with Gasteiger partial charge in [-0.15, -0.1) is 0 Å². The summed E-state index contributed by atoms with van der Waals surface area (Å²) in [6.45, 7) is 7.72. The van der Waals surface area contributed by atoms with Crippen molar-refractivity contribution in [3.63, 3.8) is 0 Å². The molecule has 1 aromatic rings. The molecular formula is C18H29O8P. The fourth-order valence-corrected chi connectivity index (χ4v) is 3.22. The molecule has 27 heavy (non-hydrogen) atoms. The molecule has 0 aromatic heterocycles. The average molecular weight is 404 g/mol. The number of rotatable bonds is 13. The lowest BCUT2D eigenvalue weighted by atomic mass is 10.2. The molecule has 9 heteroatoms. The van der Waals surface area contributed by atoms with E-state index in [1.165, 1.54) is 26.4 Å². The highest BCUT2D eigenvalue weighted by Gasteiger charge is 2.28. The Hall–Kier alpha value is -1.60. The molecule has 154 valence electrons. The maximum absolute atomic E-state index is 12.8. The fraction of sp³-hybridized carbons (Fsp3) is 0.611. The third kappa shape index (κ3) is 7.89. The lowest BCUT2D eigenvalue weighted by Crippen LogP contribution is -2.11. The summed E-state index contributed by atoms with van der Waals surface area (Å²) in [5.41, 5.74) is 0.364. The molecule has 0 spiro atoms. The van der Waals surface area contributed by atoms with Gasteiger partial charge in [-0.05, 0) is 24.0 Å². The highest BCUT2D eigenvalue weighted by molar-refractivity contribution is 7.48. The third-order valence-electron chi connectivity index (χ3n) is 3.17. The number of phosphoric ester groups is 1. The van der Waals surface area contributed by atoms with Gasteiger partial charge in [0, 0.05) is 5.56 Å². The highest BCUT2D eigenvalue weighted by atomic mass is 31.2. The Morgan fingerprint density at radius 3 is 1.78 bits per heavy atom. The standard InChI is InChI=1S/C18H29O8P/c1-13(2)10-24-27(20,25-11-14(3)4)26-12-23-18-16(21-5)7-15(9-19)8-17(18)22-6/h7-9,13-14H,10-12H2,1-6H3. The van der Waals surface area contributed by atoms with Gasteiger partial charge >= 0.3 is 7.82 Å². The summed E-state index contributed by atoms with van der Waals surface area (Å²) in [5, 5.41) is 0. The highest BCUT2D eigenvalue weighted by Crippen LogP contribution is 2.50. The molecular weight excluding hydrogens is 375 g/mol. The van der Waals surface area contributed by atoms with Crippen LogP contribution in [-0.2, 0) is 18.1 Å². The van der Waals surface area contributed by atoms with Gasteiger partial charge in [0.15, 0.2) is 11.5 Å². The zero-order valence-corrected chi connectivity index (χ0v) is 17.6. The Balaban J connectivity index is 2.87. The van der Waals surface area contributed by atoms with E-state index in [1.54, 1.807) is 0 Å². The summed E-state index contributed by atoms with van der Waals surface area (Å²) >= 11 is 0. The fourth-order valence-electron chi connectivity index (χ4n) is 1.85. The number of hydrogen-bond donors (Lipinski definition) is 0. The molecule has 1 aromatic carbocycles. The first kappa shape index (κ1) is 23.4. The molecule has 0 aliphatic heterocycles. The van der Waals surface area contributed by atoms with E-state index in [1.807, 2.05) is 27.7 Å². The van der Waals surface area contributed by atoms with Crippen LogP contribution in [0.3, 0.4) is 0 Å². The lowest BCUT2D eigenvalue weighted by molar-refractivity contribution is 0.0397. The Kier molecular flexibility index (Phi) is 9.80. The molecule has 0 heterocycles. The first-order chi connectivity index (χ1) is 12.7. The van der Waals surface area contributed by atoms with Crippen molar-refractivity contribution in [3.8, 4) is 17.2 Å². The van der Waals surface area contributed by atoms with Crippen molar-refractivity contribution in [1.82, 2.24) is 0 Å². The van der Waals surface area contributed by atoms with Crippen LogP contribution in [0.25, 0.3) is 0 Å². The van der Waals surface area contributed by atoms with Crippen LogP contribution in [-0.4, -0.2) is 40.5 Å². The van der Waals surface area contributed by atoms with Crippen molar-refractivity contribution in [2.45, 2.75) is 27.7 Å². The summed E-state index contributed by atoms with van der Waals surface area (Å²) in [6.07, 6.45) is 0.666.